The predicted molar refractivity (Wildman–Crippen MR) is 104 cm³/mol. The number of carbonyl (C=O) groups is 3. The van der Waals surface area contributed by atoms with Crippen molar-refractivity contribution in [3.05, 3.63) is 53.1 Å². The Kier molecular flexibility index (Phi) is 5.41. The van der Waals surface area contributed by atoms with Gasteiger partial charge in [0.1, 0.15) is 17.1 Å². The molecule has 3 rings (SSSR count). The number of halogens is 1. The van der Waals surface area contributed by atoms with E-state index in [1.807, 2.05) is 13.8 Å². The van der Waals surface area contributed by atoms with Gasteiger partial charge in [0.2, 0.25) is 5.91 Å². The van der Waals surface area contributed by atoms with Crippen molar-refractivity contribution in [2.24, 2.45) is 0 Å². The van der Waals surface area contributed by atoms with Gasteiger partial charge in [0, 0.05) is 25.7 Å². The molecule has 29 heavy (non-hydrogen) atoms. The first kappa shape index (κ1) is 20.5. The first-order valence-electron chi connectivity index (χ1n) is 9.31. The van der Waals surface area contributed by atoms with E-state index < -0.39 is 11.4 Å². The first-order valence-corrected chi connectivity index (χ1v) is 9.31. The highest BCUT2D eigenvalue weighted by atomic mass is 19.1. The zero-order chi connectivity index (χ0) is 21.3. The van der Waals surface area contributed by atoms with Crippen LogP contribution in [0.15, 0.2) is 30.3 Å². The van der Waals surface area contributed by atoms with E-state index >= 15 is 0 Å². The molecule has 154 valence electrons. The minimum absolute atomic E-state index is 0.0675. The van der Waals surface area contributed by atoms with Crippen LogP contribution in [-0.2, 0) is 17.9 Å². The van der Waals surface area contributed by atoms with Crippen LogP contribution in [0.5, 0.6) is 0 Å². The second-order valence-electron chi connectivity index (χ2n) is 7.65. The van der Waals surface area contributed by atoms with Crippen LogP contribution >= 0.6 is 0 Å². The fraction of sp³-hybridized carbons (Fsp3) is 0.400. The maximum Gasteiger partial charge on any atom is 0.272 e. The number of fused-ring (bicyclic) bond motifs is 1. The van der Waals surface area contributed by atoms with Gasteiger partial charge in [0.25, 0.3) is 11.8 Å². The summed E-state index contributed by atoms with van der Waals surface area (Å²) >= 11 is 0. The van der Waals surface area contributed by atoms with Crippen LogP contribution in [0.2, 0.25) is 0 Å². The molecule has 0 fully saturated rings. The molecule has 1 aliphatic heterocycles. The normalized spacial score (nSPS) is 18.6. The second-order valence-corrected chi connectivity index (χ2v) is 7.65. The highest BCUT2D eigenvalue weighted by molar-refractivity contribution is 6.01. The van der Waals surface area contributed by atoms with Crippen LogP contribution in [-0.4, -0.2) is 51.0 Å². The standard InChI is InChI=1S/C20H24FN5O3/c1-12(2)23-17(27)15-9-16-18(28)25(4)20(3,11-26(16)24-15)19(29)22-10-13-5-7-14(21)8-6-13/h5-9,12H,10-11H2,1-4H3,(H,22,29)(H,23,27)/t20-/m1/s1. The van der Waals surface area contributed by atoms with Crippen molar-refractivity contribution >= 4 is 17.7 Å². The minimum atomic E-state index is -1.19. The molecule has 3 amide bonds. The monoisotopic (exact) mass is 401 g/mol. The van der Waals surface area contributed by atoms with Gasteiger partial charge in [0.05, 0.1) is 6.54 Å². The summed E-state index contributed by atoms with van der Waals surface area (Å²) in [5, 5.41) is 9.75. The van der Waals surface area contributed by atoms with Crippen molar-refractivity contribution in [1.29, 1.82) is 0 Å². The Balaban J connectivity index is 1.79. The number of likely N-dealkylation sites (N-methyl/N-ethyl adjacent to an activating group) is 1. The molecule has 0 aliphatic carbocycles. The SMILES string of the molecule is CC(C)NC(=O)c1cc2n(n1)C[C@](C)(C(=O)NCc1ccc(F)cc1)N(C)C2=O. The van der Waals surface area contributed by atoms with Crippen LogP contribution in [0.1, 0.15) is 47.3 Å². The van der Waals surface area contributed by atoms with Gasteiger partial charge in [-0.25, -0.2) is 4.39 Å². The van der Waals surface area contributed by atoms with Gasteiger partial charge >= 0.3 is 0 Å². The molecule has 2 N–H and O–H groups in total. The molecule has 0 saturated carbocycles. The van der Waals surface area contributed by atoms with E-state index in [0.717, 1.165) is 5.56 Å². The lowest BCUT2D eigenvalue weighted by Gasteiger charge is -2.40. The third-order valence-electron chi connectivity index (χ3n) is 5.01. The Labute approximate surface area is 168 Å². The highest BCUT2D eigenvalue weighted by Crippen LogP contribution is 2.26. The number of hydrogen-bond acceptors (Lipinski definition) is 4. The fourth-order valence-electron chi connectivity index (χ4n) is 3.15. The van der Waals surface area contributed by atoms with E-state index in [9.17, 15) is 18.8 Å². The number of aromatic nitrogens is 2. The number of hydrogen-bond donors (Lipinski definition) is 2. The van der Waals surface area contributed by atoms with Crippen LogP contribution < -0.4 is 10.6 Å². The van der Waals surface area contributed by atoms with E-state index in [4.69, 9.17) is 0 Å². The molecule has 9 heteroatoms. The summed E-state index contributed by atoms with van der Waals surface area (Å²) in [6.45, 7) is 5.60. The zero-order valence-corrected chi connectivity index (χ0v) is 16.8. The molecule has 1 aromatic heterocycles. The van der Waals surface area contributed by atoms with Crippen LogP contribution in [0.3, 0.4) is 0 Å². The molecule has 1 atom stereocenters. The molecular formula is C20H24FN5O3. The molecule has 1 aromatic carbocycles. The lowest BCUT2D eigenvalue weighted by atomic mass is 9.96. The number of nitrogens with one attached hydrogen (secondary N) is 2. The molecular weight excluding hydrogens is 377 g/mol. The van der Waals surface area contributed by atoms with Gasteiger partial charge in [-0.3, -0.25) is 19.1 Å². The van der Waals surface area contributed by atoms with Crippen molar-refractivity contribution in [3.63, 3.8) is 0 Å². The summed E-state index contributed by atoms with van der Waals surface area (Å²) in [6.07, 6.45) is 0. The molecule has 0 saturated heterocycles. The Hall–Kier alpha value is -3.23. The van der Waals surface area contributed by atoms with Crippen molar-refractivity contribution in [1.82, 2.24) is 25.3 Å². The molecule has 0 spiro atoms. The average molecular weight is 401 g/mol. The summed E-state index contributed by atoms with van der Waals surface area (Å²) in [5.74, 6) is -1.49. The fourth-order valence-corrected chi connectivity index (χ4v) is 3.15. The lowest BCUT2D eigenvalue weighted by Crippen LogP contribution is -2.62. The maximum atomic E-state index is 13.0. The minimum Gasteiger partial charge on any atom is -0.350 e. The first-order chi connectivity index (χ1) is 13.6. The average Bonchev–Trinajstić information content (AvgIpc) is 3.09. The molecule has 0 bridgehead atoms. The van der Waals surface area contributed by atoms with Crippen molar-refractivity contribution in [2.45, 2.75) is 45.4 Å². The molecule has 1 aliphatic rings. The van der Waals surface area contributed by atoms with Crippen LogP contribution in [0.25, 0.3) is 0 Å². The van der Waals surface area contributed by atoms with Gasteiger partial charge in [-0.1, -0.05) is 12.1 Å². The van der Waals surface area contributed by atoms with Gasteiger partial charge in [-0.15, -0.1) is 0 Å². The predicted octanol–water partition coefficient (Wildman–Crippen LogP) is 1.32. The Morgan fingerprint density at radius 3 is 2.55 bits per heavy atom. The van der Waals surface area contributed by atoms with Crippen LogP contribution in [0, 0.1) is 5.82 Å². The smallest absolute Gasteiger partial charge is 0.272 e. The molecule has 2 aromatic rings. The van der Waals surface area contributed by atoms with E-state index in [1.54, 1.807) is 26.1 Å². The third kappa shape index (κ3) is 3.98. The topological polar surface area (TPSA) is 96.3 Å². The summed E-state index contributed by atoms with van der Waals surface area (Å²) in [5.41, 5.74) is -0.0701. The molecule has 0 radical (unpaired) electrons. The molecule has 0 unspecified atom stereocenters. The van der Waals surface area contributed by atoms with E-state index in [0.29, 0.717) is 0 Å². The maximum absolute atomic E-state index is 13.0. The van der Waals surface area contributed by atoms with Crippen LogP contribution in [0.4, 0.5) is 4.39 Å². The third-order valence-corrected chi connectivity index (χ3v) is 5.01. The van der Waals surface area contributed by atoms with Gasteiger partial charge < -0.3 is 15.5 Å². The van der Waals surface area contributed by atoms with E-state index in [-0.39, 0.29) is 48.2 Å². The Bertz CT molecular complexity index is 954. The number of benzene rings is 1. The lowest BCUT2D eigenvalue weighted by molar-refractivity contribution is -0.132. The Morgan fingerprint density at radius 1 is 1.28 bits per heavy atom. The van der Waals surface area contributed by atoms with Crippen molar-refractivity contribution in [2.75, 3.05) is 7.05 Å². The van der Waals surface area contributed by atoms with Crippen molar-refractivity contribution < 1.29 is 18.8 Å². The van der Waals surface area contributed by atoms with Gasteiger partial charge in [-0.2, -0.15) is 5.10 Å². The van der Waals surface area contributed by atoms with Crippen molar-refractivity contribution in [3.8, 4) is 0 Å². The summed E-state index contributed by atoms with van der Waals surface area (Å²) < 4.78 is 14.4. The van der Waals surface area contributed by atoms with Gasteiger partial charge in [0.15, 0.2) is 5.69 Å². The Morgan fingerprint density at radius 2 is 1.93 bits per heavy atom. The quantitative estimate of drug-likeness (QED) is 0.790. The number of carbonyl (C=O) groups excluding carboxylic acids is 3. The largest absolute Gasteiger partial charge is 0.350 e. The summed E-state index contributed by atoms with van der Waals surface area (Å²) in [7, 11) is 1.55. The molecule has 2 heterocycles. The number of nitrogens with zero attached hydrogens (tertiary/aromatic N) is 3. The second kappa shape index (κ2) is 7.65. The highest BCUT2D eigenvalue weighted by Gasteiger charge is 2.46. The van der Waals surface area contributed by atoms with Gasteiger partial charge in [-0.05, 0) is 38.5 Å². The van der Waals surface area contributed by atoms with E-state index in [1.165, 1.54) is 27.8 Å². The number of amides is 3. The summed E-state index contributed by atoms with van der Waals surface area (Å²) in [4.78, 5) is 39.3. The number of rotatable bonds is 5. The summed E-state index contributed by atoms with van der Waals surface area (Å²) in [6, 6.07) is 7.17. The zero-order valence-electron chi connectivity index (χ0n) is 16.8. The molecule has 8 nitrogen and oxygen atoms in total. The van der Waals surface area contributed by atoms with E-state index in [2.05, 4.69) is 15.7 Å².